The van der Waals surface area contributed by atoms with Gasteiger partial charge in [-0.3, -0.25) is 10.1 Å². The van der Waals surface area contributed by atoms with E-state index in [4.69, 9.17) is 5.11 Å². The summed E-state index contributed by atoms with van der Waals surface area (Å²) in [7, 11) is 0. The van der Waals surface area contributed by atoms with E-state index in [1.54, 1.807) is 0 Å². The highest BCUT2D eigenvalue weighted by Crippen LogP contribution is 2.23. The molecule has 0 saturated heterocycles. The van der Waals surface area contributed by atoms with E-state index in [2.05, 4.69) is 0 Å². The fourth-order valence-electron chi connectivity index (χ4n) is 1.08. The molecule has 0 aliphatic carbocycles. The van der Waals surface area contributed by atoms with Crippen molar-refractivity contribution < 1.29 is 19.2 Å². The van der Waals surface area contributed by atoms with Crippen molar-refractivity contribution >= 4 is 11.7 Å². The van der Waals surface area contributed by atoms with Crippen LogP contribution in [0.3, 0.4) is 0 Å². The lowest BCUT2D eigenvalue weighted by Gasteiger charge is -2.00. The van der Waals surface area contributed by atoms with E-state index in [-0.39, 0.29) is 0 Å². The highest BCUT2D eigenvalue weighted by atomic mass is 19.1. The molecular formula is C8H6FNO4. The smallest absolute Gasteiger partial charge is 0.345 e. The van der Waals surface area contributed by atoms with Gasteiger partial charge in [-0.1, -0.05) is 0 Å². The first kappa shape index (κ1) is 10.1. The van der Waals surface area contributed by atoms with Crippen molar-refractivity contribution in [3.63, 3.8) is 0 Å². The molecule has 5 nitrogen and oxygen atoms in total. The van der Waals surface area contributed by atoms with Gasteiger partial charge in [0.25, 0.3) is 5.69 Å². The molecule has 0 spiro atoms. The average Bonchev–Trinajstić information content (AvgIpc) is 2.01. The Morgan fingerprint density at radius 2 is 2.14 bits per heavy atom. The number of carboxylic acids is 1. The molecule has 0 radical (unpaired) electrons. The number of rotatable bonds is 2. The number of nitro groups is 1. The van der Waals surface area contributed by atoms with Gasteiger partial charge in [-0.2, -0.15) is 0 Å². The Kier molecular flexibility index (Phi) is 2.46. The number of nitro benzene ring substituents is 1. The van der Waals surface area contributed by atoms with Crippen molar-refractivity contribution in [3.8, 4) is 0 Å². The number of hydrogen-bond donors (Lipinski definition) is 1. The third kappa shape index (κ3) is 1.68. The van der Waals surface area contributed by atoms with Crippen molar-refractivity contribution in [2.75, 3.05) is 0 Å². The summed E-state index contributed by atoms with van der Waals surface area (Å²) in [5.41, 5.74) is -1.32. The summed E-state index contributed by atoms with van der Waals surface area (Å²) in [6.45, 7) is 1.45. The Morgan fingerprint density at radius 3 is 2.57 bits per heavy atom. The van der Waals surface area contributed by atoms with Gasteiger partial charge in [0.05, 0.1) is 4.92 Å². The third-order valence-corrected chi connectivity index (χ3v) is 1.62. The Hall–Kier alpha value is -1.98. The van der Waals surface area contributed by atoms with Crippen LogP contribution in [0, 0.1) is 22.9 Å². The van der Waals surface area contributed by atoms with Crippen LogP contribution in [0.5, 0.6) is 0 Å². The molecule has 0 saturated carbocycles. The second kappa shape index (κ2) is 3.41. The van der Waals surface area contributed by atoms with Crippen molar-refractivity contribution in [1.29, 1.82) is 0 Å². The van der Waals surface area contributed by atoms with Gasteiger partial charge in [-0.25, -0.2) is 9.18 Å². The van der Waals surface area contributed by atoms with Crippen LogP contribution in [0.2, 0.25) is 0 Å². The quantitative estimate of drug-likeness (QED) is 0.581. The average molecular weight is 199 g/mol. The Balaban J connectivity index is 3.52. The van der Waals surface area contributed by atoms with Crippen LogP contribution in [0.4, 0.5) is 10.1 Å². The number of carbonyl (C=O) groups is 1. The molecule has 1 aromatic carbocycles. The van der Waals surface area contributed by atoms with E-state index in [9.17, 15) is 19.3 Å². The molecule has 1 aromatic rings. The highest BCUT2D eigenvalue weighted by Gasteiger charge is 2.24. The fourth-order valence-corrected chi connectivity index (χ4v) is 1.08. The van der Waals surface area contributed by atoms with Gasteiger partial charge in [0.1, 0.15) is 5.82 Å². The number of carboxylic acid groups (broad SMARTS) is 1. The molecule has 0 aromatic heterocycles. The van der Waals surface area contributed by atoms with Crippen LogP contribution in [-0.2, 0) is 0 Å². The molecular weight excluding hydrogens is 193 g/mol. The lowest BCUT2D eigenvalue weighted by atomic mass is 10.1. The summed E-state index contributed by atoms with van der Waals surface area (Å²) in [4.78, 5) is 20.0. The molecule has 0 aliphatic rings. The molecule has 0 fully saturated rings. The zero-order chi connectivity index (χ0) is 10.9. The number of hydrogen-bond acceptors (Lipinski definition) is 3. The normalized spacial score (nSPS) is 9.86. The molecule has 74 valence electrons. The van der Waals surface area contributed by atoms with Crippen molar-refractivity contribution in [2.24, 2.45) is 0 Å². The maximum absolute atomic E-state index is 13.0. The van der Waals surface area contributed by atoms with Crippen molar-refractivity contribution in [1.82, 2.24) is 0 Å². The number of halogens is 1. The first-order chi connectivity index (χ1) is 6.43. The molecule has 0 atom stereocenters. The molecule has 14 heavy (non-hydrogen) atoms. The number of aromatic carboxylic acids is 1. The van der Waals surface area contributed by atoms with E-state index in [0.717, 1.165) is 12.1 Å². The SMILES string of the molecule is Cc1cc(F)c(C(=O)O)c([N+](=O)[O-])c1. The van der Waals surface area contributed by atoms with Gasteiger partial charge in [0.2, 0.25) is 0 Å². The Morgan fingerprint density at radius 1 is 1.57 bits per heavy atom. The lowest BCUT2D eigenvalue weighted by molar-refractivity contribution is -0.385. The Bertz CT molecular complexity index is 416. The van der Waals surface area contributed by atoms with Crippen LogP contribution in [0.1, 0.15) is 15.9 Å². The molecule has 0 amide bonds. The van der Waals surface area contributed by atoms with Crippen LogP contribution >= 0.6 is 0 Å². The first-order valence-electron chi connectivity index (χ1n) is 3.61. The molecule has 1 rings (SSSR count). The van der Waals surface area contributed by atoms with E-state index >= 15 is 0 Å². The number of aryl methyl sites for hydroxylation is 1. The monoisotopic (exact) mass is 199 g/mol. The topological polar surface area (TPSA) is 80.4 Å². The van der Waals surface area contributed by atoms with Gasteiger partial charge in [0.15, 0.2) is 5.56 Å². The van der Waals surface area contributed by atoms with Gasteiger partial charge in [0, 0.05) is 6.07 Å². The standard InChI is InChI=1S/C8H6FNO4/c1-4-2-5(9)7(8(11)12)6(3-4)10(13)14/h2-3H,1H3,(H,11,12). The van der Waals surface area contributed by atoms with Gasteiger partial charge in [-0.15, -0.1) is 0 Å². The van der Waals surface area contributed by atoms with E-state index in [0.29, 0.717) is 5.56 Å². The number of benzene rings is 1. The van der Waals surface area contributed by atoms with Gasteiger partial charge >= 0.3 is 5.97 Å². The minimum atomic E-state index is -1.64. The minimum absolute atomic E-state index is 0.305. The predicted octanol–water partition coefficient (Wildman–Crippen LogP) is 1.74. The van der Waals surface area contributed by atoms with Crippen molar-refractivity contribution in [3.05, 3.63) is 39.2 Å². The second-order valence-electron chi connectivity index (χ2n) is 2.70. The molecule has 0 bridgehead atoms. The highest BCUT2D eigenvalue weighted by molar-refractivity contribution is 5.92. The van der Waals surface area contributed by atoms with Crippen LogP contribution in [0.25, 0.3) is 0 Å². The lowest BCUT2D eigenvalue weighted by Crippen LogP contribution is -2.06. The van der Waals surface area contributed by atoms with Crippen LogP contribution in [-0.4, -0.2) is 16.0 Å². The molecule has 0 aliphatic heterocycles. The fraction of sp³-hybridized carbons (Fsp3) is 0.125. The summed E-state index contributed by atoms with van der Waals surface area (Å²) >= 11 is 0. The first-order valence-corrected chi connectivity index (χ1v) is 3.61. The van der Waals surface area contributed by atoms with E-state index in [1.807, 2.05) is 0 Å². The van der Waals surface area contributed by atoms with E-state index < -0.39 is 28.0 Å². The molecule has 1 N–H and O–H groups in total. The van der Waals surface area contributed by atoms with Gasteiger partial charge < -0.3 is 5.11 Å². The van der Waals surface area contributed by atoms with Gasteiger partial charge in [-0.05, 0) is 18.6 Å². The van der Waals surface area contributed by atoms with Crippen LogP contribution < -0.4 is 0 Å². The Labute approximate surface area is 77.9 Å². The maximum Gasteiger partial charge on any atom is 0.345 e. The minimum Gasteiger partial charge on any atom is -0.477 e. The molecule has 0 heterocycles. The van der Waals surface area contributed by atoms with Crippen molar-refractivity contribution in [2.45, 2.75) is 6.92 Å². The number of nitrogens with zero attached hydrogens (tertiary/aromatic N) is 1. The molecule has 0 unspecified atom stereocenters. The van der Waals surface area contributed by atoms with Crippen LogP contribution in [0.15, 0.2) is 12.1 Å². The second-order valence-corrected chi connectivity index (χ2v) is 2.70. The summed E-state index contributed by atoms with van der Waals surface area (Å²) in [6, 6.07) is 1.96. The van der Waals surface area contributed by atoms with E-state index in [1.165, 1.54) is 6.92 Å². The molecule has 6 heteroatoms. The zero-order valence-corrected chi connectivity index (χ0v) is 7.15. The largest absolute Gasteiger partial charge is 0.477 e. The summed E-state index contributed by atoms with van der Waals surface area (Å²) in [6.07, 6.45) is 0. The summed E-state index contributed by atoms with van der Waals surface area (Å²) in [5.74, 6) is -2.74. The predicted molar refractivity (Wildman–Crippen MR) is 44.8 cm³/mol. The summed E-state index contributed by atoms with van der Waals surface area (Å²) < 4.78 is 13.0. The summed E-state index contributed by atoms with van der Waals surface area (Å²) in [5, 5.41) is 18.9. The third-order valence-electron chi connectivity index (χ3n) is 1.62. The zero-order valence-electron chi connectivity index (χ0n) is 7.15. The maximum atomic E-state index is 13.0.